The van der Waals surface area contributed by atoms with E-state index >= 15 is 0 Å². The van der Waals surface area contributed by atoms with Crippen molar-refractivity contribution in [2.24, 2.45) is 5.92 Å². The molecule has 0 unspecified atom stereocenters. The summed E-state index contributed by atoms with van der Waals surface area (Å²) in [4.78, 5) is 18.7. The molecule has 0 radical (unpaired) electrons. The number of benzene rings is 1. The zero-order valence-electron chi connectivity index (χ0n) is 15.1. The van der Waals surface area contributed by atoms with Gasteiger partial charge in [0.1, 0.15) is 0 Å². The van der Waals surface area contributed by atoms with Gasteiger partial charge in [0.05, 0.1) is 5.69 Å². The van der Waals surface area contributed by atoms with E-state index in [0.29, 0.717) is 5.13 Å². The molecular formula is C20H21N5OS. The number of aryl methyl sites for hydroxylation is 1. The van der Waals surface area contributed by atoms with Crippen LogP contribution >= 0.6 is 11.3 Å². The zero-order valence-corrected chi connectivity index (χ0v) is 15.9. The second kappa shape index (κ2) is 7.84. The molecule has 7 heteroatoms. The van der Waals surface area contributed by atoms with Crippen molar-refractivity contribution in [2.45, 2.75) is 19.8 Å². The van der Waals surface area contributed by atoms with Crippen LogP contribution in [0.25, 0.3) is 11.3 Å². The van der Waals surface area contributed by atoms with Crippen LogP contribution in [0.3, 0.4) is 0 Å². The van der Waals surface area contributed by atoms with Gasteiger partial charge in [0.15, 0.2) is 10.9 Å². The summed E-state index contributed by atoms with van der Waals surface area (Å²) in [5, 5.41) is 14.3. The highest BCUT2D eigenvalue weighted by Crippen LogP contribution is 2.25. The van der Waals surface area contributed by atoms with Gasteiger partial charge in [0, 0.05) is 36.1 Å². The van der Waals surface area contributed by atoms with Crippen LogP contribution in [0.15, 0.2) is 48.0 Å². The second-order valence-corrected chi connectivity index (χ2v) is 7.57. The quantitative estimate of drug-likeness (QED) is 0.747. The van der Waals surface area contributed by atoms with E-state index in [9.17, 15) is 4.79 Å². The van der Waals surface area contributed by atoms with Crippen molar-refractivity contribution in [1.29, 1.82) is 0 Å². The molecule has 1 amide bonds. The Hall–Kier alpha value is -2.80. The van der Waals surface area contributed by atoms with Crippen LogP contribution in [0, 0.1) is 12.8 Å². The lowest BCUT2D eigenvalue weighted by atomic mass is 9.96. The van der Waals surface area contributed by atoms with Crippen molar-refractivity contribution in [3.8, 4) is 11.3 Å². The van der Waals surface area contributed by atoms with Gasteiger partial charge in [-0.05, 0) is 37.5 Å². The van der Waals surface area contributed by atoms with Crippen molar-refractivity contribution in [2.75, 3.05) is 23.3 Å². The van der Waals surface area contributed by atoms with E-state index in [1.54, 1.807) is 6.20 Å². The third-order valence-electron chi connectivity index (χ3n) is 4.92. The molecule has 0 atom stereocenters. The van der Waals surface area contributed by atoms with Gasteiger partial charge in [-0.2, -0.15) is 0 Å². The van der Waals surface area contributed by atoms with Crippen molar-refractivity contribution in [1.82, 2.24) is 15.2 Å². The standard InChI is InChI=1S/C20H21N5OS/c1-14-4-2-3-5-16(14)17-6-7-18(24-23-17)25-11-8-15(9-12-25)19(26)22-20-21-10-13-27-20/h2-7,10,13,15H,8-9,11-12H2,1H3,(H,21,22,26). The van der Waals surface area contributed by atoms with Crippen molar-refractivity contribution in [3.63, 3.8) is 0 Å². The van der Waals surface area contributed by atoms with Crippen molar-refractivity contribution >= 4 is 28.2 Å². The Morgan fingerprint density at radius 1 is 1.15 bits per heavy atom. The lowest BCUT2D eigenvalue weighted by molar-refractivity contribution is -0.120. The summed E-state index contributed by atoms with van der Waals surface area (Å²) >= 11 is 1.44. The van der Waals surface area contributed by atoms with Gasteiger partial charge < -0.3 is 10.2 Å². The van der Waals surface area contributed by atoms with Crippen LogP contribution in [0.1, 0.15) is 18.4 Å². The number of piperidine rings is 1. The molecule has 1 aromatic carbocycles. The summed E-state index contributed by atoms with van der Waals surface area (Å²) in [6, 6.07) is 12.2. The van der Waals surface area contributed by atoms with E-state index < -0.39 is 0 Å². The minimum Gasteiger partial charge on any atom is -0.355 e. The molecule has 1 aliphatic rings. The number of hydrogen-bond acceptors (Lipinski definition) is 6. The molecule has 27 heavy (non-hydrogen) atoms. The number of carbonyl (C=O) groups is 1. The normalized spacial score (nSPS) is 14.9. The molecule has 2 aromatic heterocycles. The number of nitrogens with one attached hydrogen (secondary N) is 1. The first-order chi connectivity index (χ1) is 13.2. The van der Waals surface area contributed by atoms with Crippen LogP contribution in [0.4, 0.5) is 10.9 Å². The highest BCUT2D eigenvalue weighted by atomic mass is 32.1. The predicted octanol–water partition coefficient (Wildman–Crippen LogP) is 3.76. The topological polar surface area (TPSA) is 71.0 Å². The van der Waals surface area contributed by atoms with Gasteiger partial charge in [-0.15, -0.1) is 21.5 Å². The van der Waals surface area contributed by atoms with Gasteiger partial charge in [-0.3, -0.25) is 4.79 Å². The van der Waals surface area contributed by atoms with Crippen molar-refractivity contribution in [3.05, 3.63) is 53.5 Å². The summed E-state index contributed by atoms with van der Waals surface area (Å²) in [6.07, 6.45) is 3.30. The van der Waals surface area contributed by atoms with Gasteiger partial charge in [-0.1, -0.05) is 24.3 Å². The number of thiazole rings is 1. The Morgan fingerprint density at radius 3 is 2.63 bits per heavy atom. The van der Waals surface area contributed by atoms with Gasteiger partial charge in [0.25, 0.3) is 0 Å². The molecule has 138 valence electrons. The second-order valence-electron chi connectivity index (χ2n) is 6.68. The zero-order chi connectivity index (χ0) is 18.6. The predicted molar refractivity (Wildman–Crippen MR) is 108 cm³/mol. The lowest BCUT2D eigenvalue weighted by Crippen LogP contribution is -2.38. The summed E-state index contributed by atoms with van der Waals surface area (Å²) in [5.74, 6) is 0.945. The first-order valence-electron chi connectivity index (χ1n) is 9.06. The van der Waals surface area contributed by atoms with Crippen LogP contribution < -0.4 is 10.2 Å². The number of carbonyl (C=O) groups excluding carboxylic acids is 1. The van der Waals surface area contributed by atoms with E-state index in [1.165, 1.54) is 16.9 Å². The molecule has 6 nitrogen and oxygen atoms in total. The summed E-state index contributed by atoms with van der Waals surface area (Å²) in [6.45, 7) is 3.68. The summed E-state index contributed by atoms with van der Waals surface area (Å²) in [5.41, 5.74) is 3.18. The van der Waals surface area contributed by atoms with Gasteiger partial charge in [-0.25, -0.2) is 4.98 Å². The number of aromatic nitrogens is 3. The Balaban J connectivity index is 1.37. The van der Waals surface area contributed by atoms with Gasteiger partial charge >= 0.3 is 0 Å². The number of amides is 1. The minimum atomic E-state index is 0.0179. The average Bonchev–Trinajstić information content (AvgIpc) is 3.22. The molecule has 0 spiro atoms. The van der Waals surface area contributed by atoms with Crippen LogP contribution in [-0.4, -0.2) is 34.2 Å². The SMILES string of the molecule is Cc1ccccc1-c1ccc(N2CCC(C(=O)Nc3nccs3)CC2)nn1. The van der Waals surface area contributed by atoms with Crippen LogP contribution in [0.5, 0.6) is 0 Å². The van der Waals surface area contributed by atoms with Gasteiger partial charge in [0.2, 0.25) is 5.91 Å². The molecular weight excluding hydrogens is 358 g/mol. The Morgan fingerprint density at radius 2 is 1.96 bits per heavy atom. The molecule has 1 aliphatic heterocycles. The molecule has 1 fully saturated rings. The van der Waals surface area contributed by atoms with Crippen LogP contribution in [0.2, 0.25) is 0 Å². The minimum absolute atomic E-state index is 0.0179. The fourth-order valence-corrected chi connectivity index (χ4v) is 3.89. The van der Waals surface area contributed by atoms with E-state index in [-0.39, 0.29) is 11.8 Å². The molecule has 0 aliphatic carbocycles. The Bertz CT molecular complexity index is 902. The third kappa shape index (κ3) is 3.98. The molecule has 1 N–H and O–H groups in total. The van der Waals surface area contributed by atoms with E-state index in [4.69, 9.17) is 0 Å². The molecule has 3 heterocycles. The Kier molecular flexibility index (Phi) is 5.11. The average molecular weight is 379 g/mol. The maximum atomic E-state index is 12.4. The Labute approximate surface area is 162 Å². The molecule has 0 saturated carbocycles. The molecule has 3 aromatic rings. The van der Waals surface area contributed by atoms with E-state index in [1.807, 2.05) is 29.6 Å². The van der Waals surface area contributed by atoms with Crippen molar-refractivity contribution < 1.29 is 4.79 Å². The first kappa shape index (κ1) is 17.6. The highest BCUT2D eigenvalue weighted by Gasteiger charge is 2.26. The fraction of sp³-hybridized carbons (Fsp3) is 0.300. The number of nitrogens with zero attached hydrogens (tertiary/aromatic N) is 4. The molecule has 4 rings (SSSR count). The van der Waals surface area contributed by atoms with E-state index in [2.05, 4.69) is 44.5 Å². The molecule has 0 bridgehead atoms. The van der Waals surface area contributed by atoms with E-state index in [0.717, 1.165) is 43.0 Å². The highest BCUT2D eigenvalue weighted by molar-refractivity contribution is 7.13. The lowest BCUT2D eigenvalue weighted by Gasteiger charge is -2.31. The van der Waals surface area contributed by atoms with Crippen LogP contribution in [-0.2, 0) is 4.79 Å². The largest absolute Gasteiger partial charge is 0.355 e. The third-order valence-corrected chi connectivity index (χ3v) is 5.61. The maximum Gasteiger partial charge on any atom is 0.229 e. The number of anilines is 2. The first-order valence-corrected chi connectivity index (χ1v) is 9.94. The smallest absolute Gasteiger partial charge is 0.229 e. The summed E-state index contributed by atoms with van der Waals surface area (Å²) < 4.78 is 0. The summed E-state index contributed by atoms with van der Waals surface area (Å²) in [7, 11) is 0. The number of rotatable bonds is 4. The monoisotopic (exact) mass is 379 g/mol. The fourth-order valence-electron chi connectivity index (χ4n) is 3.36. The molecule has 1 saturated heterocycles. The maximum absolute atomic E-state index is 12.4. The number of hydrogen-bond donors (Lipinski definition) is 1.